The lowest BCUT2D eigenvalue weighted by Gasteiger charge is -2.21. The Hall–Kier alpha value is -2.14. The van der Waals surface area contributed by atoms with Crippen LogP contribution in [-0.4, -0.2) is 28.5 Å². The average Bonchev–Trinajstić information content (AvgIpc) is 3.07. The third kappa shape index (κ3) is 4.42. The van der Waals surface area contributed by atoms with E-state index in [0.29, 0.717) is 6.54 Å². The summed E-state index contributed by atoms with van der Waals surface area (Å²) in [4.78, 5) is 16.6. The standard InChI is InChI=1S/C18H24N4O/c23-18(16-6-9-19-10-7-16)21-14-17-20-11-13-22(17)12-8-15-4-2-1-3-5-15/h1-5,11,13,16,19H,6-10,12,14H2,(H,21,23). The maximum absolute atomic E-state index is 12.2. The van der Waals surface area contributed by atoms with Crippen molar-refractivity contribution in [2.45, 2.75) is 32.4 Å². The maximum Gasteiger partial charge on any atom is 0.223 e. The van der Waals surface area contributed by atoms with E-state index in [1.165, 1.54) is 5.56 Å². The van der Waals surface area contributed by atoms with E-state index in [-0.39, 0.29) is 11.8 Å². The first-order valence-corrected chi connectivity index (χ1v) is 8.35. The first kappa shape index (κ1) is 15.7. The molecule has 2 N–H and O–H groups in total. The van der Waals surface area contributed by atoms with Gasteiger partial charge in [-0.2, -0.15) is 0 Å². The highest BCUT2D eigenvalue weighted by Gasteiger charge is 2.20. The predicted octanol–water partition coefficient (Wildman–Crippen LogP) is 1.74. The summed E-state index contributed by atoms with van der Waals surface area (Å²) in [6.45, 7) is 3.25. The number of rotatable bonds is 6. The van der Waals surface area contributed by atoms with Gasteiger partial charge in [-0.3, -0.25) is 4.79 Å². The van der Waals surface area contributed by atoms with E-state index in [1.807, 2.05) is 12.3 Å². The van der Waals surface area contributed by atoms with Gasteiger partial charge in [0, 0.05) is 24.9 Å². The summed E-state index contributed by atoms with van der Waals surface area (Å²) >= 11 is 0. The van der Waals surface area contributed by atoms with Crippen molar-refractivity contribution in [1.82, 2.24) is 20.2 Å². The van der Waals surface area contributed by atoms with Gasteiger partial charge in [-0.05, 0) is 37.9 Å². The van der Waals surface area contributed by atoms with Gasteiger partial charge in [-0.15, -0.1) is 0 Å². The van der Waals surface area contributed by atoms with Crippen LogP contribution in [0.15, 0.2) is 42.7 Å². The fourth-order valence-electron chi connectivity index (χ4n) is 3.00. The van der Waals surface area contributed by atoms with Crippen LogP contribution in [0.1, 0.15) is 24.2 Å². The molecule has 1 aromatic carbocycles. The normalized spacial score (nSPS) is 15.5. The van der Waals surface area contributed by atoms with E-state index >= 15 is 0 Å². The fraction of sp³-hybridized carbons (Fsp3) is 0.444. The summed E-state index contributed by atoms with van der Waals surface area (Å²) in [6, 6.07) is 10.4. The zero-order valence-electron chi connectivity index (χ0n) is 13.4. The molecule has 2 aromatic rings. The molecule has 1 aromatic heterocycles. The van der Waals surface area contributed by atoms with E-state index < -0.39 is 0 Å². The lowest BCUT2D eigenvalue weighted by atomic mass is 9.97. The minimum absolute atomic E-state index is 0.143. The number of hydrogen-bond acceptors (Lipinski definition) is 3. The highest BCUT2D eigenvalue weighted by Crippen LogP contribution is 2.12. The molecule has 1 saturated heterocycles. The predicted molar refractivity (Wildman–Crippen MR) is 89.8 cm³/mol. The van der Waals surface area contributed by atoms with E-state index in [9.17, 15) is 4.79 Å². The van der Waals surface area contributed by atoms with Crippen molar-refractivity contribution in [3.05, 3.63) is 54.1 Å². The third-order valence-electron chi connectivity index (χ3n) is 4.42. The van der Waals surface area contributed by atoms with Crippen molar-refractivity contribution in [2.75, 3.05) is 13.1 Å². The number of hydrogen-bond donors (Lipinski definition) is 2. The molecule has 0 spiro atoms. The van der Waals surface area contributed by atoms with E-state index in [2.05, 4.69) is 44.5 Å². The monoisotopic (exact) mass is 312 g/mol. The first-order valence-electron chi connectivity index (χ1n) is 8.35. The molecule has 1 fully saturated rings. The van der Waals surface area contributed by atoms with Crippen molar-refractivity contribution in [3.63, 3.8) is 0 Å². The zero-order chi connectivity index (χ0) is 15.9. The van der Waals surface area contributed by atoms with Crippen LogP contribution in [0.2, 0.25) is 0 Å². The van der Waals surface area contributed by atoms with Gasteiger partial charge in [0.1, 0.15) is 5.82 Å². The number of carbonyl (C=O) groups is 1. The number of nitrogens with zero attached hydrogens (tertiary/aromatic N) is 2. The van der Waals surface area contributed by atoms with Crippen molar-refractivity contribution in [3.8, 4) is 0 Å². The minimum atomic E-state index is 0.143. The van der Waals surface area contributed by atoms with Gasteiger partial charge in [0.15, 0.2) is 0 Å². The third-order valence-corrected chi connectivity index (χ3v) is 4.42. The molecule has 1 aliphatic heterocycles. The van der Waals surface area contributed by atoms with Crippen LogP contribution in [0.25, 0.3) is 0 Å². The zero-order valence-corrected chi connectivity index (χ0v) is 13.4. The molecule has 0 atom stereocenters. The molecule has 23 heavy (non-hydrogen) atoms. The Morgan fingerprint density at radius 1 is 1.26 bits per heavy atom. The molecule has 0 aliphatic carbocycles. The lowest BCUT2D eigenvalue weighted by Crippen LogP contribution is -2.38. The Balaban J connectivity index is 1.51. The second kappa shape index (κ2) is 7.92. The molecular formula is C18H24N4O. The number of nitrogens with one attached hydrogen (secondary N) is 2. The molecule has 1 aliphatic rings. The number of benzene rings is 1. The molecule has 0 unspecified atom stereocenters. The molecule has 122 valence electrons. The van der Waals surface area contributed by atoms with Gasteiger partial charge in [0.2, 0.25) is 5.91 Å². The number of carbonyl (C=O) groups excluding carboxylic acids is 1. The molecule has 3 rings (SSSR count). The molecule has 2 heterocycles. The topological polar surface area (TPSA) is 59.0 Å². The minimum Gasteiger partial charge on any atom is -0.349 e. The van der Waals surface area contributed by atoms with Crippen LogP contribution < -0.4 is 10.6 Å². The van der Waals surface area contributed by atoms with Gasteiger partial charge in [0.05, 0.1) is 6.54 Å². The van der Waals surface area contributed by atoms with E-state index in [4.69, 9.17) is 0 Å². The summed E-state index contributed by atoms with van der Waals surface area (Å²) in [7, 11) is 0. The second-order valence-electron chi connectivity index (χ2n) is 6.01. The average molecular weight is 312 g/mol. The van der Waals surface area contributed by atoms with Gasteiger partial charge >= 0.3 is 0 Å². The number of aryl methyl sites for hydroxylation is 2. The molecule has 0 saturated carbocycles. The van der Waals surface area contributed by atoms with Gasteiger partial charge < -0.3 is 15.2 Å². The molecule has 0 radical (unpaired) electrons. The Labute approximate surface area is 137 Å². The highest BCUT2D eigenvalue weighted by atomic mass is 16.1. The van der Waals surface area contributed by atoms with Crippen LogP contribution in [0.5, 0.6) is 0 Å². The maximum atomic E-state index is 12.2. The Morgan fingerprint density at radius 3 is 2.83 bits per heavy atom. The number of imidazole rings is 1. The van der Waals surface area contributed by atoms with Gasteiger partial charge in [0.25, 0.3) is 0 Å². The summed E-state index contributed by atoms with van der Waals surface area (Å²) in [6.07, 6.45) is 6.60. The summed E-state index contributed by atoms with van der Waals surface area (Å²) in [5.41, 5.74) is 1.31. The number of aromatic nitrogens is 2. The van der Waals surface area contributed by atoms with E-state index in [0.717, 1.165) is 44.7 Å². The molecule has 5 nitrogen and oxygen atoms in total. The molecule has 1 amide bonds. The summed E-state index contributed by atoms with van der Waals surface area (Å²) in [5, 5.41) is 6.33. The molecular weight excluding hydrogens is 288 g/mol. The van der Waals surface area contributed by atoms with Crippen molar-refractivity contribution in [2.24, 2.45) is 5.92 Å². The summed E-state index contributed by atoms with van der Waals surface area (Å²) in [5.74, 6) is 1.22. The fourth-order valence-corrected chi connectivity index (χ4v) is 3.00. The Bertz CT molecular complexity index is 617. The highest BCUT2D eigenvalue weighted by molar-refractivity contribution is 5.78. The SMILES string of the molecule is O=C(NCc1nccn1CCc1ccccc1)C1CCNCC1. The first-order chi connectivity index (χ1) is 11.3. The molecule has 0 bridgehead atoms. The van der Waals surface area contributed by atoms with Crippen molar-refractivity contribution in [1.29, 1.82) is 0 Å². The largest absolute Gasteiger partial charge is 0.349 e. The quantitative estimate of drug-likeness (QED) is 0.854. The van der Waals surface area contributed by atoms with Gasteiger partial charge in [-0.1, -0.05) is 30.3 Å². The number of piperidine rings is 1. The smallest absolute Gasteiger partial charge is 0.223 e. The van der Waals surface area contributed by atoms with Crippen molar-refractivity contribution < 1.29 is 4.79 Å². The second-order valence-corrected chi connectivity index (χ2v) is 6.01. The lowest BCUT2D eigenvalue weighted by molar-refractivity contribution is -0.125. The van der Waals surface area contributed by atoms with Gasteiger partial charge in [-0.25, -0.2) is 4.98 Å². The van der Waals surface area contributed by atoms with E-state index in [1.54, 1.807) is 6.20 Å². The van der Waals surface area contributed by atoms with Crippen LogP contribution >= 0.6 is 0 Å². The molecule has 5 heteroatoms. The number of amides is 1. The van der Waals surface area contributed by atoms with Crippen LogP contribution in [0.4, 0.5) is 0 Å². The van der Waals surface area contributed by atoms with Crippen LogP contribution in [-0.2, 0) is 24.3 Å². The summed E-state index contributed by atoms with van der Waals surface area (Å²) < 4.78 is 2.12. The van der Waals surface area contributed by atoms with Crippen molar-refractivity contribution >= 4 is 5.91 Å². The Kier molecular flexibility index (Phi) is 5.42. The van der Waals surface area contributed by atoms with Crippen LogP contribution in [0.3, 0.4) is 0 Å². The Morgan fingerprint density at radius 2 is 2.04 bits per heavy atom. The van der Waals surface area contributed by atoms with Crippen LogP contribution in [0, 0.1) is 5.92 Å².